The lowest BCUT2D eigenvalue weighted by Gasteiger charge is -2.11. The van der Waals surface area contributed by atoms with Gasteiger partial charge in [0.15, 0.2) is 5.96 Å². The fraction of sp³-hybridized carbons (Fsp3) is 0.400. The van der Waals surface area contributed by atoms with Crippen molar-refractivity contribution in [2.75, 3.05) is 33.4 Å². The molecule has 0 spiro atoms. The first-order valence-corrected chi connectivity index (χ1v) is 9.42. The molecule has 0 atom stereocenters. The maximum Gasteiger partial charge on any atom is 0.213 e. The number of nitrogens with one attached hydrogen (secondary N) is 2. The van der Waals surface area contributed by atoms with E-state index in [4.69, 9.17) is 21.1 Å². The molecule has 0 radical (unpaired) electrons. The second kappa shape index (κ2) is 12.1. The molecule has 0 amide bonds. The first-order valence-electron chi connectivity index (χ1n) is 9.04. The zero-order valence-corrected chi connectivity index (χ0v) is 16.6. The number of pyridine rings is 1. The van der Waals surface area contributed by atoms with Gasteiger partial charge in [0, 0.05) is 37.5 Å². The number of hydrogen-bond acceptors (Lipinski definition) is 4. The number of aliphatic imine (C=N–C) groups is 1. The van der Waals surface area contributed by atoms with E-state index in [1.165, 1.54) is 5.56 Å². The number of halogens is 1. The first-order chi connectivity index (χ1) is 13.2. The zero-order valence-electron chi connectivity index (χ0n) is 15.9. The molecule has 0 fully saturated rings. The van der Waals surface area contributed by atoms with Crippen LogP contribution in [0.4, 0.5) is 0 Å². The van der Waals surface area contributed by atoms with Crippen LogP contribution in [0.15, 0.2) is 47.6 Å². The zero-order chi connectivity index (χ0) is 19.3. The van der Waals surface area contributed by atoms with Crippen molar-refractivity contribution in [3.63, 3.8) is 0 Å². The van der Waals surface area contributed by atoms with Gasteiger partial charge in [0.2, 0.25) is 5.88 Å². The maximum absolute atomic E-state index is 6.02. The third kappa shape index (κ3) is 8.28. The second-order valence-electron chi connectivity index (χ2n) is 5.85. The SMILES string of the molecule is CCNC(=NCc1ccc(OCCOC)nc1)NCCc1cccc(Cl)c1. The number of guanidine groups is 1. The minimum Gasteiger partial charge on any atom is -0.475 e. The van der Waals surface area contributed by atoms with Crippen molar-refractivity contribution in [2.24, 2.45) is 4.99 Å². The van der Waals surface area contributed by atoms with E-state index >= 15 is 0 Å². The van der Waals surface area contributed by atoms with Crippen molar-refractivity contribution < 1.29 is 9.47 Å². The normalized spacial score (nSPS) is 11.3. The van der Waals surface area contributed by atoms with Crippen LogP contribution in [0, 0.1) is 0 Å². The number of nitrogens with zero attached hydrogens (tertiary/aromatic N) is 2. The van der Waals surface area contributed by atoms with Crippen molar-refractivity contribution in [3.05, 3.63) is 58.7 Å². The number of aromatic nitrogens is 1. The minimum absolute atomic E-state index is 0.488. The molecule has 0 bridgehead atoms. The van der Waals surface area contributed by atoms with Crippen LogP contribution in [-0.2, 0) is 17.7 Å². The van der Waals surface area contributed by atoms with E-state index < -0.39 is 0 Å². The number of ether oxygens (including phenoxy) is 2. The molecule has 0 unspecified atom stereocenters. The van der Waals surface area contributed by atoms with Crippen LogP contribution in [0.1, 0.15) is 18.1 Å². The van der Waals surface area contributed by atoms with Gasteiger partial charge in [-0.3, -0.25) is 0 Å². The average Bonchev–Trinajstić information content (AvgIpc) is 2.67. The van der Waals surface area contributed by atoms with E-state index in [-0.39, 0.29) is 0 Å². The Morgan fingerprint density at radius 2 is 2.04 bits per heavy atom. The van der Waals surface area contributed by atoms with Gasteiger partial charge < -0.3 is 20.1 Å². The van der Waals surface area contributed by atoms with E-state index in [0.29, 0.717) is 25.6 Å². The van der Waals surface area contributed by atoms with E-state index in [0.717, 1.165) is 36.1 Å². The summed E-state index contributed by atoms with van der Waals surface area (Å²) in [5, 5.41) is 7.35. The summed E-state index contributed by atoms with van der Waals surface area (Å²) in [5.41, 5.74) is 2.21. The Morgan fingerprint density at radius 3 is 2.74 bits per heavy atom. The summed E-state index contributed by atoms with van der Waals surface area (Å²) in [6.07, 6.45) is 2.65. The van der Waals surface area contributed by atoms with Gasteiger partial charge in [-0.1, -0.05) is 29.8 Å². The molecule has 0 aliphatic rings. The highest BCUT2D eigenvalue weighted by Crippen LogP contribution is 2.11. The van der Waals surface area contributed by atoms with Crippen LogP contribution in [0.3, 0.4) is 0 Å². The maximum atomic E-state index is 6.02. The monoisotopic (exact) mass is 390 g/mol. The molecular weight excluding hydrogens is 364 g/mol. The van der Waals surface area contributed by atoms with Crippen molar-refractivity contribution in [3.8, 4) is 5.88 Å². The molecule has 27 heavy (non-hydrogen) atoms. The molecule has 2 N–H and O–H groups in total. The lowest BCUT2D eigenvalue weighted by molar-refractivity contribution is 0.143. The van der Waals surface area contributed by atoms with Gasteiger partial charge in [0.1, 0.15) is 6.61 Å². The summed E-state index contributed by atoms with van der Waals surface area (Å²) in [5.74, 6) is 1.37. The van der Waals surface area contributed by atoms with Crippen LogP contribution < -0.4 is 15.4 Å². The highest BCUT2D eigenvalue weighted by Gasteiger charge is 2.01. The Kier molecular flexibility index (Phi) is 9.44. The smallest absolute Gasteiger partial charge is 0.213 e. The molecule has 1 heterocycles. The fourth-order valence-corrected chi connectivity index (χ4v) is 2.56. The summed E-state index contributed by atoms with van der Waals surface area (Å²) >= 11 is 6.02. The van der Waals surface area contributed by atoms with Gasteiger partial charge in [-0.15, -0.1) is 0 Å². The van der Waals surface area contributed by atoms with Crippen molar-refractivity contribution in [1.29, 1.82) is 0 Å². The van der Waals surface area contributed by atoms with Crippen molar-refractivity contribution in [2.45, 2.75) is 19.9 Å². The number of hydrogen-bond donors (Lipinski definition) is 2. The van der Waals surface area contributed by atoms with Gasteiger partial charge in [0.25, 0.3) is 0 Å². The van der Waals surface area contributed by atoms with Crippen LogP contribution >= 0.6 is 11.6 Å². The third-order valence-corrected chi connectivity index (χ3v) is 3.93. The van der Waals surface area contributed by atoms with E-state index in [2.05, 4.69) is 26.7 Å². The van der Waals surface area contributed by atoms with Gasteiger partial charge in [-0.05, 0) is 36.6 Å². The lowest BCUT2D eigenvalue weighted by atomic mass is 10.1. The molecule has 0 saturated carbocycles. The lowest BCUT2D eigenvalue weighted by Crippen LogP contribution is -2.38. The Morgan fingerprint density at radius 1 is 1.15 bits per heavy atom. The molecule has 7 heteroatoms. The predicted octanol–water partition coefficient (Wildman–Crippen LogP) is 3.06. The molecule has 146 valence electrons. The average molecular weight is 391 g/mol. The third-order valence-electron chi connectivity index (χ3n) is 3.69. The van der Waals surface area contributed by atoms with Gasteiger partial charge in [0.05, 0.1) is 13.2 Å². The van der Waals surface area contributed by atoms with Crippen LogP contribution in [0.5, 0.6) is 5.88 Å². The van der Waals surface area contributed by atoms with E-state index in [1.807, 2.05) is 37.3 Å². The number of methoxy groups -OCH3 is 1. The van der Waals surface area contributed by atoms with Gasteiger partial charge in [-0.2, -0.15) is 0 Å². The molecule has 0 aliphatic carbocycles. The summed E-state index contributed by atoms with van der Waals surface area (Å²) in [4.78, 5) is 8.89. The summed E-state index contributed by atoms with van der Waals surface area (Å²) < 4.78 is 10.4. The van der Waals surface area contributed by atoms with Crippen LogP contribution in [-0.4, -0.2) is 44.4 Å². The molecule has 6 nitrogen and oxygen atoms in total. The summed E-state index contributed by atoms with van der Waals surface area (Å²) in [7, 11) is 1.64. The van der Waals surface area contributed by atoms with Crippen molar-refractivity contribution in [1.82, 2.24) is 15.6 Å². The minimum atomic E-state index is 0.488. The molecule has 0 aliphatic heterocycles. The highest BCUT2D eigenvalue weighted by molar-refractivity contribution is 6.30. The molecule has 2 aromatic rings. The van der Waals surface area contributed by atoms with Gasteiger partial charge in [-0.25, -0.2) is 9.98 Å². The highest BCUT2D eigenvalue weighted by atomic mass is 35.5. The summed E-state index contributed by atoms with van der Waals surface area (Å²) in [6.45, 7) is 5.19. The number of rotatable bonds is 10. The Balaban J connectivity index is 1.83. The second-order valence-corrected chi connectivity index (χ2v) is 6.28. The fourth-order valence-electron chi connectivity index (χ4n) is 2.35. The standard InChI is InChI=1S/C20H27ClN4O2/c1-3-22-20(23-10-9-16-5-4-6-18(21)13-16)25-15-17-7-8-19(24-14-17)27-12-11-26-2/h4-8,13-14H,3,9-12,15H2,1-2H3,(H2,22,23,25). The van der Waals surface area contributed by atoms with E-state index in [1.54, 1.807) is 13.3 Å². The molecular formula is C20H27ClN4O2. The van der Waals surface area contributed by atoms with Crippen LogP contribution in [0.25, 0.3) is 0 Å². The molecule has 1 aromatic carbocycles. The molecule has 0 saturated heterocycles. The van der Waals surface area contributed by atoms with Crippen LogP contribution in [0.2, 0.25) is 5.02 Å². The van der Waals surface area contributed by atoms with Gasteiger partial charge >= 0.3 is 0 Å². The van der Waals surface area contributed by atoms with E-state index in [9.17, 15) is 0 Å². The number of benzene rings is 1. The Bertz CT molecular complexity index is 707. The van der Waals surface area contributed by atoms with Crippen molar-refractivity contribution >= 4 is 17.6 Å². The topological polar surface area (TPSA) is 67.8 Å². The largest absolute Gasteiger partial charge is 0.475 e. The molecule has 2 rings (SSSR count). The Labute approximate surface area is 166 Å². The predicted molar refractivity (Wildman–Crippen MR) is 110 cm³/mol. The molecule has 1 aromatic heterocycles. The quantitative estimate of drug-likeness (QED) is 0.371. The first kappa shape index (κ1) is 21.0. The Hall–Kier alpha value is -2.31. The summed E-state index contributed by atoms with van der Waals surface area (Å²) in [6, 6.07) is 11.7.